The quantitative estimate of drug-likeness (QED) is 0.422. The van der Waals surface area contributed by atoms with Crippen molar-refractivity contribution in [1.29, 1.82) is 0 Å². The maximum absolute atomic E-state index is 14.1. The molecule has 4 heterocycles. The average Bonchev–Trinajstić information content (AvgIpc) is 3.57. The second-order valence-electron chi connectivity index (χ2n) is 9.06. The Balaban J connectivity index is 0.00000336. The second kappa shape index (κ2) is 11.1. The van der Waals surface area contributed by atoms with E-state index in [9.17, 15) is 18.0 Å². The summed E-state index contributed by atoms with van der Waals surface area (Å²) in [5.74, 6) is 0.871. The number of nitrogens with one attached hydrogen (secondary N) is 3. The number of methoxy groups -OCH3 is 2. The molecule has 1 amide bonds. The topological polar surface area (TPSA) is 102 Å². The van der Waals surface area contributed by atoms with E-state index in [4.69, 9.17) is 9.47 Å². The largest absolute Gasteiger partial charge is 0.493 e. The van der Waals surface area contributed by atoms with E-state index in [-0.39, 0.29) is 42.3 Å². The monoisotopic (exact) mass is 552 g/mol. The summed E-state index contributed by atoms with van der Waals surface area (Å²) in [6, 6.07) is 7.41. The zero-order chi connectivity index (χ0) is 26.2. The lowest BCUT2D eigenvalue weighted by atomic mass is 9.96. The first-order chi connectivity index (χ1) is 17.8. The fraction of sp³-hybridized carbons (Fsp3) is 0.400. The SMILES string of the molecule is COc1ccc(C2CC(C(F)(F)F)n3nc(-c4ccc(C(=O)N[C@@H]5CCNC5)nc4)cc3N2)cc1OC.Cl. The van der Waals surface area contributed by atoms with Crippen molar-refractivity contribution in [3.05, 3.63) is 53.9 Å². The van der Waals surface area contributed by atoms with Crippen molar-refractivity contribution in [2.24, 2.45) is 0 Å². The van der Waals surface area contributed by atoms with Gasteiger partial charge in [0.05, 0.1) is 26.0 Å². The fourth-order valence-corrected chi connectivity index (χ4v) is 4.72. The van der Waals surface area contributed by atoms with Crippen molar-refractivity contribution >= 4 is 24.1 Å². The smallest absolute Gasteiger partial charge is 0.410 e. The van der Waals surface area contributed by atoms with Crippen molar-refractivity contribution in [3.63, 3.8) is 0 Å². The number of alkyl halides is 3. The van der Waals surface area contributed by atoms with Crippen molar-refractivity contribution in [3.8, 4) is 22.8 Å². The van der Waals surface area contributed by atoms with Gasteiger partial charge in [-0.05, 0) is 42.8 Å². The van der Waals surface area contributed by atoms with E-state index in [1.807, 2.05) is 0 Å². The first-order valence-corrected chi connectivity index (χ1v) is 11.9. The number of rotatable bonds is 6. The van der Waals surface area contributed by atoms with Gasteiger partial charge in [-0.25, -0.2) is 4.68 Å². The lowest BCUT2D eigenvalue weighted by Crippen LogP contribution is -2.36. The predicted octanol–water partition coefficient (Wildman–Crippen LogP) is 4.14. The highest BCUT2D eigenvalue weighted by Gasteiger charge is 2.46. The number of pyridine rings is 1. The molecule has 3 N–H and O–H groups in total. The van der Waals surface area contributed by atoms with E-state index in [1.165, 1.54) is 20.4 Å². The molecule has 2 aliphatic rings. The van der Waals surface area contributed by atoms with Gasteiger partial charge in [-0.1, -0.05) is 6.07 Å². The Bertz CT molecular complexity index is 1280. The summed E-state index contributed by atoms with van der Waals surface area (Å²) < 4.78 is 53.8. The summed E-state index contributed by atoms with van der Waals surface area (Å²) in [7, 11) is 2.97. The maximum Gasteiger partial charge on any atom is 0.410 e. The van der Waals surface area contributed by atoms with E-state index in [2.05, 4.69) is 26.0 Å². The highest BCUT2D eigenvalue weighted by molar-refractivity contribution is 5.92. The molecule has 2 unspecified atom stereocenters. The van der Waals surface area contributed by atoms with Crippen molar-refractivity contribution in [1.82, 2.24) is 25.4 Å². The summed E-state index contributed by atoms with van der Waals surface area (Å²) in [6.45, 7) is 1.56. The normalized spacial score (nSPS) is 20.6. The van der Waals surface area contributed by atoms with Crippen LogP contribution in [0.3, 0.4) is 0 Å². The molecule has 1 aromatic carbocycles. The summed E-state index contributed by atoms with van der Waals surface area (Å²) >= 11 is 0. The number of amides is 1. The standard InChI is InChI=1S/C25H27F3N6O3.ClH/c1-36-20-6-4-14(9-21(20)37-2)18-10-22(25(26,27)28)34-23(32-18)11-19(33-34)15-3-5-17(30-12-15)24(35)31-16-7-8-29-13-16;/h3-6,9,11-12,16,18,22,29,32H,7-8,10,13H2,1-2H3,(H,31,35);1H/t16-,18?,22?;/m1./s1. The Kier molecular flexibility index (Phi) is 8.02. The first-order valence-electron chi connectivity index (χ1n) is 11.9. The third kappa shape index (κ3) is 5.51. The number of hydrogen-bond acceptors (Lipinski definition) is 7. The lowest BCUT2D eigenvalue weighted by molar-refractivity contribution is -0.173. The third-order valence-electron chi connectivity index (χ3n) is 6.69. The number of ether oxygens (including phenoxy) is 2. The van der Waals surface area contributed by atoms with Crippen LogP contribution in [0.1, 0.15) is 41.0 Å². The second-order valence-corrected chi connectivity index (χ2v) is 9.06. The van der Waals surface area contributed by atoms with E-state index >= 15 is 0 Å². The number of anilines is 1. The Morgan fingerprint density at radius 3 is 2.55 bits per heavy atom. The zero-order valence-corrected chi connectivity index (χ0v) is 21.5. The average molecular weight is 553 g/mol. The number of fused-ring (bicyclic) bond motifs is 1. The summed E-state index contributed by atoms with van der Waals surface area (Å²) in [6.07, 6.45) is -2.46. The van der Waals surface area contributed by atoms with Crippen LogP contribution in [-0.2, 0) is 0 Å². The van der Waals surface area contributed by atoms with E-state index < -0.39 is 18.3 Å². The first kappa shape index (κ1) is 27.5. The fourth-order valence-electron chi connectivity index (χ4n) is 4.72. The summed E-state index contributed by atoms with van der Waals surface area (Å²) in [4.78, 5) is 16.7. The van der Waals surface area contributed by atoms with Gasteiger partial charge in [-0.2, -0.15) is 18.3 Å². The van der Waals surface area contributed by atoms with Gasteiger partial charge < -0.3 is 25.4 Å². The molecule has 9 nitrogen and oxygen atoms in total. The number of halogens is 4. The number of hydrogen-bond donors (Lipinski definition) is 3. The number of carbonyl (C=O) groups is 1. The van der Waals surface area contributed by atoms with Crippen molar-refractivity contribution < 1.29 is 27.4 Å². The number of benzene rings is 1. The molecular weight excluding hydrogens is 525 g/mol. The molecule has 5 rings (SSSR count). The van der Waals surface area contributed by atoms with E-state index in [0.29, 0.717) is 34.9 Å². The van der Waals surface area contributed by atoms with Gasteiger partial charge in [0, 0.05) is 36.8 Å². The minimum atomic E-state index is -4.51. The predicted molar refractivity (Wildman–Crippen MR) is 137 cm³/mol. The molecule has 2 aromatic heterocycles. The Morgan fingerprint density at radius 1 is 1.13 bits per heavy atom. The van der Waals surface area contributed by atoms with Gasteiger partial charge in [0.1, 0.15) is 11.5 Å². The van der Waals surface area contributed by atoms with Crippen LogP contribution in [0, 0.1) is 0 Å². The molecule has 204 valence electrons. The van der Waals surface area contributed by atoms with Crippen molar-refractivity contribution in [2.45, 2.75) is 37.1 Å². The summed E-state index contributed by atoms with van der Waals surface area (Å²) in [5, 5.41) is 13.5. The maximum atomic E-state index is 14.1. The molecule has 3 atom stereocenters. The molecule has 38 heavy (non-hydrogen) atoms. The van der Waals surface area contributed by atoms with E-state index in [1.54, 1.807) is 36.4 Å². The van der Waals surface area contributed by atoms with Crippen LogP contribution in [0.5, 0.6) is 11.5 Å². The summed E-state index contributed by atoms with van der Waals surface area (Å²) in [5.41, 5.74) is 1.70. The van der Waals surface area contributed by atoms with Crippen LogP contribution in [0.4, 0.5) is 19.0 Å². The van der Waals surface area contributed by atoms with Crippen molar-refractivity contribution in [2.75, 3.05) is 32.6 Å². The Hall–Kier alpha value is -3.51. The van der Waals surface area contributed by atoms with Crippen LogP contribution in [0.25, 0.3) is 11.3 Å². The van der Waals surface area contributed by atoms with Crippen LogP contribution in [-0.4, -0.2) is 60.2 Å². The molecule has 2 aliphatic heterocycles. The highest BCUT2D eigenvalue weighted by atomic mass is 35.5. The van der Waals surface area contributed by atoms with Crippen LogP contribution in [0.15, 0.2) is 42.6 Å². The van der Waals surface area contributed by atoms with Crippen LogP contribution < -0.4 is 25.4 Å². The molecule has 0 radical (unpaired) electrons. The van der Waals surface area contributed by atoms with Gasteiger partial charge >= 0.3 is 6.18 Å². The molecule has 1 saturated heterocycles. The van der Waals surface area contributed by atoms with Crippen LogP contribution in [0.2, 0.25) is 0 Å². The Morgan fingerprint density at radius 2 is 1.92 bits per heavy atom. The number of nitrogens with zero attached hydrogens (tertiary/aromatic N) is 3. The molecule has 0 aliphatic carbocycles. The molecule has 13 heteroatoms. The Labute approximate surface area is 223 Å². The number of carbonyl (C=O) groups excluding carboxylic acids is 1. The molecule has 0 spiro atoms. The molecule has 0 saturated carbocycles. The number of aromatic nitrogens is 3. The lowest BCUT2D eigenvalue weighted by Gasteiger charge is -2.33. The van der Waals surface area contributed by atoms with Gasteiger partial charge in [-0.3, -0.25) is 9.78 Å². The van der Waals surface area contributed by atoms with Gasteiger partial charge in [0.25, 0.3) is 5.91 Å². The van der Waals surface area contributed by atoms with Gasteiger partial charge in [0.2, 0.25) is 0 Å². The van der Waals surface area contributed by atoms with Gasteiger partial charge in [0.15, 0.2) is 17.5 Å². The van der Waals surface area contributed by atoms with Crippen LogP contribution >= 0.6 is 12.4 Å². The highest BCUT2D eigenvalue weighted by Crippen LogP contribution is 2.45. The molecular formula is C25H28ClF3N6O3. The minimum Gasteiger partial charge on any atom is -0.493 e. The molecule has 3 aromatic rings. The third-order valence-corrected chi connectivity index (χ3v) is 6.69. The van der Waals surface area contributed by atoms with E-state index in [0.717, 1.165) is 17.6 Å². The minimum absolute atomic E-state index is 0. The molecule has 1 fully saturated rings. The van der Waals surface area contributed by atoms with Gasteiger partial charge in [-0.15, -0.1) is 12.4 Å². The molecule has 0 bridgehead atoms. The zero-order valence-electron chi connectivity index (χ0n) is 20.7.